The molecular weight excluding hydrogens is 216 g/mol. The summed E-state index contributed by atoms with van der Waals surface area (Å²) in [6.45, 7) is 7.87. The Morgan fingerprint density at radius 3 is 2.53 bits per heavy atom. The summed E-state index contributed by atoms with van der Waals surface area (Å²) in [5, 5.41) is 12.4. The van der Waals surface area contributed by atoms with Gasteiger partial charge in [-0.1, -0.05) is 19.8 Å². The van der Waals surface area contributed by atoms with Gasteiger partial charge in [0.05, 0.1) is 0 Å². The van der Waals surface area contributed by atoms with Crippen molar-refractivity contribution in [2.24, 2.45) is 0 Å². The topological polar surface area (TPSA) is 52.6 Å². The van der Waals surface area contributed by atoms with E-state index in [-0.39, 0.29) is 0 Å². The van der Waals surface area contributed by atoms with Crippen LogP contribution in [0.3, 0.4) is 0 Å². The number of nitrogens with one attached hydrogen (secondary N) is 1. The van der Waals surface area contributed by atoms with Crippen LogP contribution in [-0.2, 0) is 4.79 Å². The van der Waals surface area contributed by atoms with Gasteiger partial charge in [0.1, 0.15) is 5.54 Å². The first kappa shape index (κ1) is 14.5. The molecule has 1 fully saturated rings. The number of piperidine rings is 1. The summed E-state index contributed by atoms with van der Waals surface area (Å²) in [5.74, 6) is -0.738. The highest BCUT2D eigenvalue weighted by Gasteiger charge is 2.31. The first-order valence-corrected chi connectivity index (χ1v) is 6.79. The summed E-state index contributed by atoms with van der Waals surface area (Å²) in [7, 11) is 0. The van der Waals surface area contributed by atoms with Crippen molar-refractivity contribution in [1.29, 1.82) is 0 Å². The first-order chi connectivity index (χ1) is 8.08. The highest BCUT2D eigenvalue weighted by atomic mass is 16.4. The van der Waals surface area contributed by atoms with Crippen molar-refractivity contribution in [3.63, 3.8) is 0 Å². The molecule has 1 atom stereocenters. The van der Waals surface area contributed by atoms with Crippen molar-refractivity contribution in [3.8, 4) is 0 Å². The summed E-state index contributed by atoms with van der Waals surface area (Å²) in [6, 6.07) is 0. The van der Waals surface area contributed by atoms with Gasteiger partial charge in [-0.05, 0) is 39.3 Å². The van der Waals surface area contributed by atoms with E-state index in [1.807, 2.05) is 6.92 Å². The van der Waals surface area contributed by atoms with Crippen LogP contribution in [0.25, 0.3) is 0 Å². The molecule has 1 heterocycles. The molecule has 17 heavy (non-hydrogen) atoms. The van der Waals surface area contributed by atoms with Gasteiger partial charge in [0, 0.05) is 13.1 Å². The van der Waals surface area contributed by atoms with Gasteiger partial charge in [-0.15, -0.1) is 0 Å². The predicted octanol–water partition coefficient (Wildman–Crippen LogP) is 1.71. The normalized spacial score (nSPS) is 21.1. The van der Waals surface area contributed by atoms with Crippen molar-refractivity contribution in [3.05, 3.63) is 0 Å². The molecule has 2 N–H and O–H groups in total. The number of carboxylic acids is 1. The van der Waals surface area contributed by atoms with Crippen molar-refractivity contribution >= 4 is 5.97 Å². The van der Waals surface area contributed by atoms with Gasteiger partial charge in [0.15, 0.2) is 0 Å². The Bertz CT molecular complexity index is 240. The molecule has 4 heteroatoms. The maximum absolute atomic E-state index is 11.2. The number of carbonyl (C=O) groups is 1. The highest BCUT2D eigenvalue weighted by Crippen LogP contribution is 2.13. The maximum atomic E-state index is 11.2. The molecule has 1 rings (SSSR count). The van der Waals surface area contributed by atoms with Crippen molar-refractivity contribution in [1.82, 2.24) is 10.2 Å². The number of hydrogen-bond acceptors (Lipinski definition) is 3. The number of rotatable bonds is 7. The molecular formula is C13H26N2O2. The standard InChI is InChI=1S/C13H26N2O2/c1-3-7-13(2,12(16)17)14-8-11-15-9-5-4-6-10-15/h14H,3-11H2,1-2H3,(H,16,17). The molecule has 100 valence electrons. The van der Waals surface area contributed by atoms with Crippen LogP contribution in [0.2, 0.25) is 0 Å². The number of hydrogen-bond donors (Lipinski definition) is 2. The predicted molar refractivity (Wildman–Crippen MR) is 69.2 cm³/mol. The SMILES string of the molecule is CCCC(C)(NCCN1CCCCC1)C(=O)O. The van der Waals surface area contributed by atoms with Gasteiger partial charge < -0.3 is 15.3 Å². The minimum atomic E-state index is -0.759. The summed E-state index contributed by atoms with van der Waals surface area (Å²) < 4.78 is 0. The summed E-state index contributed by atoms with van der Waals surface area (Å²) in [5.41, 5.74) is -0.759. The fraction of sp³-hybridized carbons (Fsp3) is 0.923. The third kappa shape index (κ3) is 4.64. The van der Waals surface area contributed by atoms with Crippen LogP contribution in [-0.4, -0.2) is 47.7 Å². The van der Waals surface area contributed by atoms with E-state index in [2.05, 4.69) is 10.2 Å². The van der Waals surface area contributed by atoms with E-state index in [0.717, 1.165) is 19.5 Å². The fourth-order valence-electron chi connectivity index (χ4n) is 2.44. The maximum Gasteiger partial charge on any atom is 0.323 e. The Morgan fingerprint density at radius 2 is 2.00 bits per heavy atom. The zero-order chi connectivity index (χ0) is 12.7. The number of carboxylic acid groups (broad SMARTS) is 1. The highest BCUT2D eigenvalue weighted by molar-refractivity contribution is 5.78. The molecule has 1 saturated heterocycles. The molecule has 0 aromatic heterocycles. The molecule has 0 saturated carbocycles. The lowest BCUT2D eigenvalue weighted by Crippen LogP contribution is -2.51. The lowest BCUT2D eigenvalue weighted by Gasteiger charge is -2.30. The van der Waals surface area contributed by atoms with Crippen LogP contribution in [0.5, 0.6) is 0 Å². The van der Waals surface area contributed by atoms with Gasteiger partial charge >= 0.3 is 5.97 Å². The minimum absolute atomic E-state index is 0.683. The zero-order valence-corrected chi connectivity index (χ0v) is 11.2. The third-order valence-electron chi connectivity index (χ3n) is 3.61. The molecule has 0 spiro atoms. The van der Waals surface area contributed by atoms with Gasteiger partial charge in [-0.3, -0.25) is 4.79 Å². The van der Waals surface area contributed by atoms with Crippen molar-refractivity contribution in [2.75, 3.05) is 26.2 Å². The van der Waals surface area contributed by atoms with E-state index in [0.29, 0.717) is 6.42 Å². The third-order valence-corrected chi connectivity index (χ3v) is 3.61. The fourth-order valence-corrected chi connectivity index (χ4v) is 2.44. The average molecular weight is 242 g/mol. The van der Waals surface area contributed by atoms with E-state index >= 15 is 0 Å². The molecule has 0 radical (unpaired) electrons. The molecule has 0 aromatic carbocycles. The molecule has 0 aliphatic carbocycles. The van der Waals surface area contributed by atoms with E-state index in [1.54, 1.807) is 6.92 Å². The van der Waals surface area contributed by atoms with Crippen LogP contribution in [0.15, 0.2) is 0 Å². The molecule has 1 aliphatic rings. The monoisotopic (exact) mass is 242 g/mol. The second-order valence-electron chi connectivity index (χ2n) is 5.22. The lowest BCUT2D eigenvalue weighted by atomic mass is 9.96. The van der Waals surface area contributed by atoms with E-state index in [4.69, 9.17) is 0 Å². The number of likely N-dealkylation sites (tertiary alicyclic amines) is 1. The number of aliphatic carboxylic acids is 1. The van der Waals surface area contributed by atoms with E-state index in [1.165, 1.54) is 32.4 Å². The van der Waals surface area contributed by atoms with Crippen molar-refractivity contribution < 1.29 is 9.90 Å². The lowest BCUT2D eigenvalue weighted by molar-refractivity contribution is -0.144. The average Bonchev–Trinajstić information content (AvgIpc) is 2.30. The Hall–Kier alpha value is -0.610. The summed E-state index contributed by atoms with van der Waals surface area (Å²) >= 11 is 0. The molecule has 0 aromatic rings. The molecule has 0 amide bonds. The molecule has 1 aliphatic heterocycles. The Kier molecular flexibility index (Phi) is 5.92. The van der Waals surface area contributed by atoms with Gasteiger partial charge in [-0.2, -0.15) is 0 Å². The van der Waals surface area contributed by atoms with Crippen LogP contribution in [0, 0.1) is 0 Å². The van der Waals surface area contributed by atoms with Crippen molar-refractivity contribution in [2.45, 2.75) is 51.5 Å². The van der Waals surface area contributed by atoms with Crippen LogP contribution in [0.1, 0.15) is 46.0 Å². The number of nitrogens with zero attached hydrogens (tertiary/aromatic N) is 1. The molecule has 0 bridgehead atoms. The second kappa shape index (κ2) is 6.97. The molecule has 1 unspecified atom stereocenters. The van der Waals surface area contributed by atoms with E-state index < -0.39 is 11.5 Å². The second-order valence-corrected chi connectivity index (χ2v) is 5.22. The van der Waals surface area contributed by atoms with Crippen LogP contribution >= 0.6 is 0 Å². The summed E-state index contributed by atoms with van der Waals surface area (Å²) in [6.07, 6.45) is 5.48. The van der Waals surface area contributed by atoms with Crippen LogP contribution < -0.4 is 5.32 Å². The van der Waals surface area contributed by atoms with E-state index in [9.17, 15) is 9.90 Å². The quantitative estimate of drug-likeness (QED) is 0.713. The zero-order valence-electron chi connectivity index (χ0n) is 11.2. The van der Waals surface area contributed by atoms with Gasteiger partial charge in [-0.25, -0.2) is 0 Å². The van der Waals surface area contributed by atoms with Crippen LogP contribution in [0.4, 0.5) is 0 Å². The largest absolute Gasteiger partial charge is 0.480 e. The Morgan fingerprint density at radius 1 is 1.35 bits per heavy atom. The first-order valence-electron chi connectivity index (χ1n) is 6.79. The Balaban J connectivity index is 2.28. The molecule has 4 nitrogen and oxygen atoms in total. The summed E-state index contributed by atoms with van der Waals surface area (Å²) in [4.78, 5) is 13.6. The van der Waals surface area contributed by atoms with Gasteiger partial charge in [0.25, 0.3) is 0 Å². The minimum Gasteiger partial charge on any atom is -0.480 e. The smallest absolute Gasteiger partial charge is 0.323 e. The Labute approximate surface area is 104 Å². The van der Waals surface area contributed by atoms with Gasteiger partial charge in [0.2, 0.25) is 0 Å².